The first-order chi connectivity index (χ1) is 9.35. The molecular formula is C13H16ClNO5. The van der Waals surface area contributed by atoms with E-state index in [1.165, 1.54) is 14.0 Å². The summed E-state index contributed by atoms with van der Waals surface area (Å²) in [5, 5.41) is 20.9. The third-order valence-electron chi connectivity index (χ3n) is 2.66. The number of carbonyl (C=O) groups is 2. The number of benzene rings is 1. The minimum Gasteiger partial charge on any atom is -0.496 e. The topological polar surface area (TPSA) is 95.9 Å². The molecule has 1 aromatic rings. The minimum atomic E-state index is -1.35. The Hall–Kier alpha value is -1.79. The van der Waals surface area contributed by atoms with Gasteiger partial charge in [-0.1, -0.05) is 11.6 Å². The number of halogens is 1. The molecule has 0 saturated carbocycles. The number of rotatable bonds is 6. The van der Waals surface area contributed by atoms with Crippen LogP contribution >= 0.6 is 11.6 Å². The van der Waals surface area contributed by atoms with E-state index in [9.17, 15) is 14.7 Å². The second-order valence-electron chi connectivity index (χ2n) is 4.26. The first kappa shape index (κ1) is 16.3. The zero-order valence-electron chi connectivity index (χ0n) is 11.1. The molecule has 20 heavy (non-hydrogen) atoms. The van der Waals surface area contributed by atoms with E-state index < -0.39 is 24.0 Å². The number of amides is 1. The molecule has 0 bridgehead atoms. The van der Waals surface area contributed by atoms with Crippen molar-refractivity contribution in [2.45, 2.75) is 25.5 Å². The predicted molar refractivity (Wildman–Crippen MR) is 73.0 cm³/mol. The summed E-state index contributed by atoms with van der Waals surface area (Å²) in [4.78, 5) is 22.7. The monoisotopic (exact) mass is 301 g/mol. The van der Waals surface area contributed by atoms with E-state index in [2.05, 4.69) is 5.32 Å². The van der Waals surface area contributed by atoms with Crippen molar-refractivity contribution in [2.75, 3.05) is 7.11 Å². The number of carbonyl (C=O) groups excluding carboxylic acids is 1. The van der Waals surface area contributed by atoms with Gasteiger partial charge in [0.25, 0.3) is 0 Å². The molecule has 0 aromatic heterocycles. The summed E-state index contributed by atoms with van der Waals surface area (Å²) in [6.45, 7) is 1.29. The summed E-state index contributed by atoms with van der Waals surface area (Å²) in [5.41, 5.74) is 0.534. The number of carboxylic acids is 1. The fourth-order valence-corrected chi connectivity index (χ4v) is 1.87. The SMILES string of the molecule is COc1ccc(Cl)cc1CC(=O)N[C@H](C(=O)O)[C@@H](C)O. The van der Waals surface area contributed by atoms with Crippen molar-refractivity contribution in [1.82, 2.24) is 5.32 Å². The molecule has 0 fully saturated rings. The van der Waals surface area contributed by atoms with E-state index in [4.69, 9.17) is 21.4 Å². The summed E-state index contributed by atoms with van der Waals surface area (Å²) in [6, 6.07) is 3.46. The molecule has 0 aliphatic rings. The zero-order chi connectivity index (χ0) is 15.3. The van der Waals surface area contributed by atoms with E-state index in [1.54, 1.807) is 18.2 Å². The normalized spacial score (nSPS) is 13.4. The number of carboxylic acid groups (broad SMARTS) is 1. The van der Waals surface area contributed by atoms with Crippen molar-refractivity contribution < 1.29 is 24.5 Å². The van der Waals surface area contributed by atoms with Gasteiger partial charge in [0.05, 0.1) is 19.6 Å². The summed E-state index contributed by atoms with van der Waals surface area (Å²) in [6.07, 6.45) is -1.29. The lowest BCUT2D eigenvalue weighted by Gasteiger charge is -2.17. The van der Waals surface area contributed by atoms with Crippen LogP contribution in [0.25, 0.3) is 0 Å². The van der Waals surface area contributed by atoms with Crippen LogP contribution in [0.2, 0.25) is 5.02 Å². The number of ether oxygens (including phenoxy) is 1. The van der Waals surface area contributed by atoms with Gasteiger partial charge < -0.3 is 20.3 Å². The number of aliphatic carboxylic acids is 1. The van der Waals surface area contributed by atoms with Gasteiger partial charge in [-0.05, 0) is 25.1 Å². The Bertz CT molecular complexity index is 504. The maximum atomic E-state index is 11.8. The Balaban J connectivity index is 2.80. The number of methoxy groups -OCH3 is 1. The lowest BCUT2D eigenvalue weighted by molar-refractivity contribution is -0.144. The Morgan fingerprint density at radius 1 is 1.45 bits per heavy atom. The molecule has 0 heterocycles. The van der Waals surface area contributed by atoms with E-state index >= 15 is 0 Å². The molecular weight excluding hydrogens is 286 g/mol. The van der Waals surface area contributed by atoms with Gasteiger partial charge >= 0.3 is 5.97 Å². The van der Waals surface area contributed by atoms with E-state index in [1.807, 2.05) is 0 Å². The molecule has 0 unspecified atom stereocenters. The maximum absolute atomic E-state index is 11.8. The highest BCUT2D eigenvalue weighted by Gasteiger charge is 2.25. The van der Waals surface area contributed by atoms with E-state index in [-0.39, 0.29) is 6.42 Å². The van der Waals surface area contributed by atoms with E-state index in [0.29, 0.717) is 16.3 Å². The summed E-state index contributed by atoms with van der Waals surface area (Å²) < 4.78 is 5.10. The molecule has 0 aliphatic heterocycles. The number of hydrogen-bond donors (Lipinski definition) is 3. The van der Waals surface area contributed by atoms with Crippen molar-refractivity contribution >= 4 is 23.5 Å². The molecule has 6 nitrogen and oxygen atoms in total. The average molecular weight is 302 g/mol. The highest BCUT2D eigenvalue weighted by Crippen LogP contribution is 2.23. The van der Waals surface area contributed by atoms with Gasteiger partial charge in [0.15, 0.2) is 6.04 Å². The van der Waals surface area contributed by atoms with Crippen LogP contribution in [0.3, 0.4) is 0 Å². The molecule has 3 N–H and O–H groups in total. The van der Waals surface area contributed by atoms with Crippen LogP contribution in [0.1, 0.15) is 12.5 Å². The molecule has 1 aromatic carbocycles. The van der Waals surface area contributed by atoms with Gasteiger partial charge in [0.1, 0.15) is 5.75 Å². The highest BCUT2D eigenvalue weighted by atomic mass is 35.5. The fraction of sp³-hybridized carbons (Fsp3) is 0.385. The minimum absolute atomic E-state index is 0.0970. The maximum Gasteiger partial charge on any atom is 0.328 e. The summed E-state index contributed by atoms with van der Waals surface area (Å²) >= 11 is 5.84. The number of nitrogens with one attached hydrogen (secondary N) is 1. The van der Waals surface area contributed by atoms with Crippen LogP contribution in [0.5, 0.6) is 5.75 Å². The van der Waals surface area contributed by atoms with Crippen LogP contribution in [-0.4, -0.2) is 41.3 Å². The number of aliphatic hydroxyl groups is 1. The largest absolute Gasteiger partial charge is 0.496 e. The second-order valence-corrected chi connectivity index (χ2v) is 4.69. The molecule has 0 spiro atoms. The molecule has 2 atom stereocenters. The van der Waals surface area contributed by atoms with E-state index in [0.717, 1.165) is 0 Å². The van der Waals surface area contributed by atoms with Crippen LogP contribution in [0, 0.1) is 0 Å². The molecule has 1 rings (SSSR count). The molecule has 1 amide bonds. The zero-order valence-corrected chi connectivity index (χ0v) is 11.8. The smallest absolute Gasteiger partial charge is 0.328 e. The van der Waals surface area contributed by atoms with Crippen LogP contribution < -0.4 is 10.1 Å². The standard InChI is InChI=1S/C13H16ClNO5/c1-7(16)12(13(18)19)15-11(17)6-8-5-9(14)3-4-10(8)20-2/h3-5,7,12,16H,6H2,1-2H3,(H,15,17)(H,18,19)/t7-,12+/m1/s1. The first-order valence-electron chi connectivity index (χ1n) is 5.87. The van der Waals surface area contributed by atoms with Crippen LogP contribution in [0.15, 0.2) is 18.2 Å². The van der Waals surface area contributed by atoms with Gasteiger partial charge in [0, 0.05) is 10.6 Å². The molecule has 7 heteroatoms. The molecule has 0 saturated heterocycles. The van der Waals surface area contributed by atoms with Gasteiger partial charge in [-0.2, -0.15) is 0 Å². The quantitative estimate of drug-likeness (QED) is 0.723. The van der Waals surface area contributed by atoms with Crippen LogP contribution in [0.4, 0.5) is 0 Å². The Kier molecular flexibility index (Phi) is 5.79. The molecule has 110 valence electrons. The second kappa shape index (κ2) is 7.12. The first-order valence-corrected chi connectivity index (χ1v) is 6.25. The van der Waals surface area contributed by atoms with Crippen molar-refractivity contribution in [3.05, 3.63) is 28.8 Å². The molecule has 0 radical (unpaired) electrons. The lowest BCUT2D eigenvalue weighted by atomic mass is 10.1. The van der Waals surface area contributed by atoms with Crippen molar-refractivity contribution in [1.29, 1.82) is 0 Å². The average Bonchev–Trinajstić information content (AvgIpc) is 2.35. The molecule has 0 aliphatic carbocycles. The van der Waals surface area contributed by atoms with Crippen molar-refractivity contribution in [3.63, 3.8) is 0 Å². The Labute approximate surface area is 121 Å². The van der Waals surface area contributed by atoms with Crippen LogP contribution in [-0.2, 0) is 16.0 Å². The van der Waals surface area contributed by atoms with Crippen molar-refractivity contribution in [2.24, 2.45) is 0 Å². The fourth-order valence-electron chi connectivity index (χ4n) is 1.67. The Morgan fingerprint density at radius 2 is 2.10 bits per heavy atom. The third-order valence-corrected chi connectivity index (χ3v) is 2.89. The number of hydrogen-bond acceptors (Lipinski definition) is 4. The number of aliphatic hydroxyl groups excluding tert-OH is 1. The van der Waals surface area contributed by atoms with Gasteiger partial charge in [-0.25, -0.2) is 4.79 Å². The highest BCUT2D eigenvalue weighted by molar-refractivity contribution is 6.30. The van der Waals surface area contributed by atoms with Gasteiger partial charge in [-0.15, -0.1) is 0 Å². The third kappa shape index (κ3) is 4.40. The summed E-state index contributed by atoms with van der Waals surface area (Å²) in [7, 11) is 1.46. The lowest BCUT2D eigenvalue weighted by Crippen LogP contribution is -2.48. The Morgan fingerprint density at radius 3 is 2.60 bits per heavy atom. The van der Waals surface area contributed by atoms with Gasteiger partial charge in [-0.3, -0.25) is 4.79 Å². The van der Waals surface area contributed by atoms with Gasteiger partial charge in [0.2, 0.25) is 5.91 Å². The summed E-state index contributed by atoms with van der Waals surface area (Å²) in [5.74, 6) is -1.36. The predicted octanol–water partition coefficient (Wildman–Crippen LogP) is 0.841. The van der Waals surface area contributed by atoms with Crippen molar-refractivity contribution in [3.8, 4) is 5.75 Å².